The summed E-state index contributed by atoms with van der Waals surface area (Å²) in [4.78, 5) is 12.1. The van der Waals surface area contributed by atoms with Crippen LogP contribution in [0.4, 0.5) is 5.69 Å². The fraction of sp³-hybridized carbons (Fsp3) is 0.118. The second-order valence-corrected chi connectivity index (χ2v) is 5.65. The van der Waals surface area contributed by atoms with Crippen LogP contribution < -0.4 is 5.32 Å². The lowest BCUT2D eigenvalue weighted by molar-refractivity contribution is 0.104. The SMILES string of the molecule is C/C(=C\C(=O)c1ccc(C)cc1)Nc1cc(Cl)ccc1Cl. The zero-order valence-corrected chi connectivity index (χ0v) is 13.3. The van der Waals surface area contributed by atoms with Gasteiger partial charge < -0.3 is 5.32 Å². The number of allylic oxidation sites excluding steroid dienone is 2. The molecule has 2 nitrogen and oxygen atoms in total. The first-order chi connectivity index (χ1) is 9.95. The number of ketones is 1. The third-order valence-corrected chi connectivity index (χ3v) is 3.51. The van der Waals surface area contributed by atoms with Gasteiger partial charge in [-0.1, -0.05) is 53.0 Å². The molecule has 0 spiro atoms. The largest absolute Gasteiger partial charge is 0.358 e. The minimum absolute atomic E-state index is 0.0573. The first kappa shape index (κ1) is 15.6. The van der Waals surface area contributed by atoms with Crippen LogP contribution in [0.15, 0.2) is 54.2 Å². The number of hydrogen-bond acceptors (Lipinski definition) is 2. The molecule has 2 rings (SSSR count). The van der Waals surface area contributed by atoms with Crippen LogP contribution in [0, 0.1) is 6.92 Å². The lowest BCUT2D eigenvalue weighted by Gasteiger charge is -2.09. The molecular formula is C17H15Cl2NO. The molecule has 0 saturated heterocycles. The number of nitrogens with one attached hydrogen (secondary N) is 1. The lowest BCUT2D eigenvalue weighted by atomic mass is 10.1. The fourth-order valence-electron chi connectivity index (χ4n) is 1.84. The van der Waals surface area contributed by atoms with Crippen molar-refractivity contribution in [2.75, 3.05) is 5.32 Å². The highest BCUT2D eigenvalue weighted by atomic mass is 35.5. The van der Waals surface area contributed by atoms with Crippen molar-refractivity contribution in [2.45, 2.75) is 13.8 Å². The molecule has 0 radical (unpaired) electrons. The van der Waals surface area contributed by atoms with Crippen LogP contribution in [0.25, 0.3) is 0 Å². The van der Waals surface area contributed by atoms with Gasteiger partial charge in [0.1, 0.15) is 0 Å². The Morgan fingerprint density at radius 1 is 1.10 bits per heavy atom. The van der Waals surface area contributed by atoms with Crippen molar-refractivity contribution in [3.63, 3.8) is 0 Å². The van der Waals surface area contributed by atoms with Crippen molar-refractivity contribution in [1.82, 2.24) is 0 Å². The summed E-state index contributed by atoms with van der Waals surface area (Å²) in [5, 5.41) is 4.22. The van der Waals surface area contributed by atoms with E-state index < -0.39 is 0 Å². The molecule has 2 aromatic carbocycles. The quantitative estimate of drug-likeness (QED) is 0.595. The molecule has 0 saturated carbocycles. The summed E-state index contributed by atoms with van der Waals surface area (Å²) in [5.41, 5.74) is 3.15. The van der Waals surface area contributed by atoms with E-state index in [-0.39, 0.29) is 5.78 Å². The average Bonchev–Trinajstić information content (AvgIpc) is 2.43. The Labute approximate surface area is 134 Å². The van der Waals surface area contributed by atoms with Crippen molar-refractivity contribution < 1.29 is 4.79 Å². The van der Waals surface area contributed by atoms with E-state index in [1.165, 1.54) is 0 Å². The van der Waals surface area contributed by atoms with Gasteiger partial charge in [-0.15, -0.1) is 0 Å². The molecule has 0 aliphatic heterocycles. The van der Waals surface area contributed by atoms with E-state index in [4.69, 9.17) is 23.2 Å². The van der Waals surface area contributed by atoms with E-state index in [2.05, 4.69) is 5.32 Å². The highest BCUT2D eigenvalue weighted by Crippen LogP contribution is 2.26. The second-order valence-electron chi connectivity index (χ2n) is 4.81. The normalized spacial score (nSPS) is 11.3. The van der Waals surface area contributed by atoms with E-state index in [0.717, 1.165) is 5.56 Å². The van der Waals surface area contributed by atoms with Gasteiger partial charge in [-0.05, 0) is 32.0 Å². The third kappa shape index (κ3) is 4.35. The molecule has 0 aromatic heterocycles. The molecule has 1 N–H and O–H groups in total. The summed E-state index contributed by atoms with van der Waals surface area (Å²) < 4.78 is 0. The van der Waals surface area contributed by atoms with Crippen LogP contribution >= 0.6 is 23.2 Å². The Morgan fingerprint density at radius 2 is 1.76 bits per heavy atom. The first-order valence-electron chi connectivity index (χ1n) is 6.47. The van der Waals surface area contributed by atoms with E-state index in [1.54, 1.807) is 24.3 Å². The number of carbonyl (C=O) groups is 1. The van der Waals surface area contributed by atoms with Gasteiger partial charge >= 0.3 is 0 Å². The predicted octanol–water partition coefficient (Wildman–Crippen LogP) is 5.50. The van der Waals surface area contributed by atoms with Crippen molar-refractivity contribution in [3.05, 3.63) is 75.4 Å². The van der Waals surface area contributed by atoms with Gasteiger partial charge in [0.15, 0.2) is 5.78 Å². The first-order valence-corrected chi connectivity index (χ1v) is 7.22. The number of aryl methyl sites for hydroxylation is 1. The van der Waals surface area contributed by atoms with Crippen LogP contribution in [-0.2, 0) is 0 Å². The number of hydrogen-bond donors (Lipinski definition) is 1. The molecular weight excluding hydrogens is 305 g/mol. The van der Waals surface area contributed by atoms with Crippen LogP contribution in [-0.4, -0.2) is 5.78 Å². The highest BCUT2D eigenvalue weighted by Gasteiger charge is 2.05. The molecule has 0 aliphatic carbocycles. The summed E-state index contributed by atoms with van der Waals surface area (Å²) in [6, 6.07) is 12.6. The van der Waals surface area contributed by atoms with Crippen molar-refractivity contribution in [2.24, 2.45) is 0 Å². The Morgan fingerprint density at radius 3 is 2.43 bits per heavy atom. The molecule has 4 heteroatoms. The van der Waals surface area contributed by atoms with Gasteiger partial charge in [-0.3, -0.25) is 4.79 Å². The maximum atomic E-state index is 12.1. The van der Waals surface area contributed by atoms with Gasteiger partial charge in [0.2, 0.25) is 0 Å². The monoisotopic (exact) mass is 319 g/mol. The average molecular weight is 320 g/mol. The Bertz CT molecular complexity index is 690. The number of anilines is 1. The van der Waals surface area contributed by atoms with Crippen LogP contribution in [0.5, 0.6) is 0 Å². The molecule has 108 valence electrons. The second kappa shape index (κ2) is 6.79. The topological polar surface area (TPSA) is 29.1 Å². The van der Waals surface area contributed by atoms with E-state index in [9.17, 15) is 4.79 Å². The van der Waals surface area contributed by atoms with Gasteiger partial charge in [-0.25, -0.2) is 0 Å². The standard InChI is InChI=1S/C17H15Cl2NO/c1-11-3-5-13(6-4-11)17(21)9-12(2)20-16-10-14(18)7-8-15(16)19/h3-10,20H,1-2H3/b12-9+. The molecule has 0 heterocycles. The highest BCUT2D eigenvalue weighted by molar-refractivity contribution is 6.35. The molecule has 0 fully saturated rings. The van der Waals surface area contributed by atoms with Gasteiger partial charge in [0, 0.05) is 22.4 Å². The Kier molecular flexibility index (Phi) is 5.05. The third-order valence-electron chi connectivity index (χ3n) is 2.94. The van der Waals surface area contributed by atoms with Gasteiger partial charge in [0.05, 0.1) is 10.7 Å². The zero-order chi connectivity index (χ0) is 15.4. The predicted molar refractivity (Wildman–Crippen MR) is 89.4 cm³/mol. The minimum Gasteiger partial charge on any atom is -0.358 e. The summed E-state index contributed by atoms with van der Waals surface area (Å²) in [7, 11) is 0. The summed E-state index contributed by atoms with van der Waals surface area (Å²) in [5.74, 6) is -0.0573. The van der Waals surface area contributed by atoms with Gasteiger partial charge in [-0.2, -0.15) is 0 Å². The summed E-state index contributed by atoms with van der Waals surface area (Å²) in [6.07, 6.45) is 1.54. The van der Waals surface area contributed by atoms with E-state index in [0.29, 0.717) is 27.0 Å². The van der Waals surface area contributed by atoms with E-state index in [1.807, 2.05) is 38.1 Å². The molecule has 0 amide bonds. The maximum absolute atomic E-state index is 12.1. The smallest absolute Gasteiger partial charge is 0.187 e. The lowest BCUT2D eigenvalue weighted by Crippen LogP contribution is -2.02. The zero-order valence-electron chi connectivity index (χ0n) is 11.8. The summed E-state index contributed by atoms with van der Waals surface area (Å²) in [6.45, 7) is 3.79. The number of rotatable bonds is 4. The number of halogens is 2. The Balaban J connectivity index is 2.15. The molecule has 2 aromatic rings. The molecule has 0 bridgehead atoms. The molecule has 21 heavy (non-hydrogen) atoms. The van der Waals surface area contributed by atoms with Crippen LogP contribution in [0.3, 0.4) is 0 Å². The fourth-order valence-corrected chi connectivity index (χ4v) is 2.18. The van der Waals surface area contributed by atoms with Gasteiger partial charge in [0.25, 0.3) is 0 Å². The molecule has 0 unspecified atom stereocenters. The maximum Gasteiger partial charge on any atom is 0.187 e. The van der Waals surface area contributed by atoms with Crippen molar-refractivity contribution in [1.29, 1.82) is 0 Å². The molecule has 0 atom stereocenters. The van der Waals surface area contributed by atoms with Crippen LogP contribution in [0.1, 0.15) is 22.8 Å². The summed E-state index contributed by atoms with van der Waals surface area (Å²) >= 11 is 12.0. The van der Waals surface area contributed by atoms with E-state index >= 15 is 0 Å². The number of benzene rings is 2. The number of carbonyl (C=O) groups excluding carboxylic acids is 1. The minimum atomic E-state index is -0.0573. The van der Waals surface area contributed by atoms with Crippen molar-refractivity contribution >= 4 is 34.7 Å². The molecule has 0 aliphatic rings. The van der Waals surface area contributed by atoms with Crippen molar-refractivity contribution in [3.8, 4) is 0 Å². The van der Waals surface area contributed by atoms with Crippen LogP contribution in [0.2, 0.25) is 10.0 Å². The Hall–Kier alpha value is -1.77.